The molecule has 2 amide bonds. The molecule has 0 fully saturated rings. The third-order valence-electron chi connectivity index (χ3n) is 5.80. The molecule has 0 radical (unpaired) electrons. The molecular weight excluding hydrogens is 474 g/mol. The average Bonchev–Trinajstić information content (AvgIpc) is 2.75. The lowest BCUT2D eigenvalue weighted by atomic mass is 10.0. The molecule has 1 atom stereocenters. The highest BCUT2D eigenvalue weighted by molar-refractivity contribution is 7.92. The second-order valence-corrected chi connectivity index (χ2v) is 12.4. The number of hydrogen-bond donors (Lipinski definition) is 1. The summed E-state index contributed by atoms with van der Waals surface area (Å²) < 4.78 is 26.3. The van der Waals surface area contributed by atoms with Crippen molar-refractivity contribution >= 4 is 27.5 Å². The van der Waals surface area contributed by atoms with E-state index in [0.29, 0.717) is 25.1 Å². The summed E-state index contributed by atoms with van der Waals surface area (Å²) in [6, 6.07) is 14.6. The number of benzene rings is 2. The molecule has 0 saturated carbocycles. The van der Waals surface area contributed by atoms with Crippen molar-refractivity contribution in [2.24, 2.45) is 0 Å². The lowest BCUT2D eigenvalue weighted by Gasteiger charge is -2.33. The smallest absolute Gasteiger partial charge is 0.243 e. The van der Waals surface area contributed by atoms with Crippen LogP contribution in [0.5, 0.6) is 0 Å². The number of sulfonamides is 1. The molecule has 198 valence electrons. The molecule has 8 heteroatoms. The summed E-state index contributed by atoms with van der Waals surface area (Å²) in [5.41, 5.74) is 3.17. The molecule has 0 aliphatic heterocycles. The lowest BCUT2D eigenvalue weighted by Crippen LogP contribution is -2.53. The first-order valence-corrected chi connectivity index (χ1v) is 14.3. The summed E-state index contributed by atoms with van der Waals surface area (Å²) in [7, 11) is -3.52. The van der Waals surface area contributed by atoms with E-state index in [1.807, 2.05) is 84.0 Å². The maximum Gasteiger partial charge on any atom is 0.243 e. The Hall–Kier alpha value is -2.87. The number of amides is 2. The van der Waals surface area contributed by atoms with Gasteiger partial charge in [-0.05, 0) is 70.7 Å². The highest BCUT2D eigenvalue weighted by atomic mass is 32.2. The largest absolute Gasteiger partial charge is 0.350 e. The van der Waals surface area contributed by atoms with E-state index in [0.717, 1.165) is 16.7 Å². The molecule has 2 rings (SSSR count). The van der Waals surface area contributed by atoms with Crippen LogP contribution in [0.15, 0.2) is 48.5 Å². The number of carbonyl (C=O) groups is 2. The van der Waals surface area contributed by atoms with Crippen LogP contribution in [-0.4, -0.2) is 49.5 Å². The number of nitrogens with zero attached hydrogens (tertiary/aromatic N) is 2. The van der Waals surface area contributed by atoms with Gasteiger partial charge in [-0.3, -0.25) is 13.9 Å². The van der Waals surface area contributed by atoms with Crippen molar-refractivity contribution in [2.75, 3.05) is 17.1 Å². The fourth-order valence-corrected chi connectivity index (χ4v) is 5.01. The highest BCUT2D eigenvalue weighted by Gasteiger charge is 2.30. The first-order valence-electron chi connectivity index (χ1n) is 12.4. The van der Waals surface area contributed by atoms with E-state index >= 15 is 0 Å². The van der Waals surface area contributed by atoms with Crippen LogP contribution in [0.2, 0.25) is 0 Å². The van der Waals surface area contributed by atoms with Crippen molar-refractivity contribution in [3.8, 4) is 0 Å². The van der Waals surface area contributed by atoms with Crippen LogP contribution in [0.1, 0.15) is 63.6 Å². The molecular formula is C28H41N3O4S. The molecule has 0 spiro atoms. The monoisotopic (exact) mass is 515 g/mol. The van der Waals surface area contributed by atoms with Gasteiger partial charge < -0.3 is 10.2 Å². The third kappa shape index (κ3) is 8.97. The summed E-state index contributed by atoms with van der Waals surface area (Å²) in [4.78, 5) is 28.2. The van der Waals surface area contributed by atoms with Crippen LogP contribution >= 0.6 is 0 Å². The first-order chi connectivity index (χ1) is 16.7. The van der Waals surface area contributed by atoms with Gasteiger partial charge in [0.05, 0.1) is 11.9 Å². The second-order valence-electron chi connectivity index (χ2n) is 10.4. The Morgan fingerprint density at radius 3 is 2.17 bits per heavy atom. The molecule has 7 nitrogen and oxygen atoms in total. The summed E-state index contributed by atoms with van der Waals surface area (Å²) in [5, 5.41) is 3.00. The van der Waals surface area contributed by atoms with Crippen molar-refractivity contribution in [3.05, 3.63) is 65.2 Å². The van der Waals surface area contributed by atoms with E-state index < -0.39 is 21.6 Å². The van der Waals surface area contributed by atoms with Gasteiger partial charge in [0.1, 0.15) is 6.04 Å². The molecule has 0 unspecified atom stereocenters. The Bertz CT molecular complexity index is 1140. The SMILES string of the molecule is CC[C@H](C(=O)NC(C)(C)C)N(Cc1ccc(C)cc1)C(=O)CCCN(c1cccc(C)c1)S(C)(=O)=O. The van der Waals surface area contributed by atoms with E-state index in [1.54, 1.807) is 11.0 Å². The summed E-state index contributed by atoms with van der Waals surface area (Å²) >= 11 is 0. The highest BCUT2D eigenvalue weighted by Crippen LogP contribution is 2.21. The second kappa shape index (κ2) is 12.4. The predicted octanol–water partition coefficient (Wildman–Crippen LogP) is 4.57. The van der Waals surface area contributed by atoms with Crippen LogP contribution in [-0.2, 0) is 26.2 Å². The molecule has 2 aromatic rings. The number of hydrogen-bond acceptors (Lipinski definition) is 4. The van der Waals surface area contributed by atoms with E-state index in [2.05, 4.69) is 5.32 Å². The Morgan fingerprint density at radius 1 is 1.00 bits per heavy atom. The number of nitrogens with one attached hydrogen (secondary N) is 1. The van der Waals surface area contributed by atoms with Gasteiger partial charge in [-0.25, -0.2) is 8.42 Å². The van der Waals surface area contributed by atoms with E-state index in [-0.39, 0.29) is 24.8 Å². The van der Waals surface area contributed by atoms with Crippen LogP contribution in [0, 0.1) is 13.8 Å². The van der Waals surface area contributed by atoms with Crippen molar-refractivity contribution in [1.82, 2.24) is 10.2 Å². The summed E-state index contributed by atoms with van der Waals surface area (Å²) in [5.74, 6) is -0.368. The number of aryl methyl sites for hydroxylation is 2. The average molecular weight is 516 g/mol. The topological polar surface area (TPSA) is 86.8 Å². The molecule has 2 aromatic carbocycles. The van der Waals surface area contributed by atoms with Crippen molar-refractivity contribution in [3.63, 3.8) is 0 Å². The molecule has 0 aromatic heterocycles. The van der Waals surface area contributed by atoms with Gasteiger partial charge >= 0.3 is 0 Å². The van der Waals surface area contributed by atoms with Crippen LogP contribution in [0.25, 0.3) is 0 Å². The number of rotatable bonds is 11. The van der Waals surface area contributed by atoms with Gasteiger partial charge in [0.15, 0.2) is 0 Å². The predicted molar refractivity (Wildman–Crippen MR) is 146 cm³/mol. The fourth-order valence-electron chi connectivity index (χ4n) is 4.05. The maximum absolute atomic E-state index is 13.5. The summed E-state index contributed by atoms with van der Waals surface area (Å²) in [6.07, 6.45) is 2.10. The Labute approximate surface area is 216 Å². The van der Waals surface area contributed by atoms with Crippen molar-refractivity contribution < 1.29 is 18.0 Å². The van der Waals surface area contributed by atoms with Crippen molar-refractivity contribution in [2.45, 2.75) is 78.9 Å². The molecule has 0 heterocycles. The molecule has 0 aliphatic rings. The lowest BCUT2D eigenvalue weighted by molar-refractivity contribution is -0.142. The van der Waals surface area contributed by atoms with Gasteiger partial charge in [-0.1, -0.05) is 48.9 Å². The molecule has 36 heavy (non-hydrogen) atoms. The van der Waals surface area contributed by atoms with Gasteiger partial charge in [-0.2, -0.15) is 0 Å². The van der Waals surface area contributed by atoms with Gasteiger partial charge in [-0.15, -0.1) is 0 Å². The number of carbonyl (C=O) groups excluding carboxylic acids is 2. The Morgan fingerprint density at radius 2 is 1.64 bits per heavy atom. The number of anilines is 1. The standard InChI is InChI=1S/C28H41N3O4S/c1-8-25(27(33)29-28(4,5)6)30(20-23-16-14-21(2)15-17-23)26(32)13-10-18-31(36(7,34)35)24-12-9-11-22(3)19-24/h9,11-12,14-17,19,25H,8,10,13,18,20H2,1-7H3,(H,29,33)/t25-/m1/s1. The molecule has 0 aliphatic carbocycles. The van der Waals surface area contributed by atoms with Gasteiger partial charge in [0, 0.05) is 25.0 Å². The minimum atomic E-state index is -3.52. The quantitative estimate of drug-likeness (QED) is 0.475. The third-order valence-corrected chi connectivity index (χ3v) is 6.99. The molecule has 0 saturated heterocycles. The van der Waals surface area contributed by atoms with Gasteiger partial charge in [0.25, 0.3) is 0 Å². The molecule has 0 bridgehead atoms. The Kier molecular flexibility index (Phi) is 10.1. The molecule has 1 N–H and O–H groups in total. The maximum atomic E-state index is 13.5. The Balaban J connectivity index is 2.23. The van der Waals surface area contributed by atoms with Gasteiger partial charge in [0.2, 0.25) is 21.8 Å². The zero-order chi connectivity index (χ0) is 27.1. The van der Waals surface area contributed by atoms with Crippen LogP contribution in [0.3, 0.4) is 0 Å². The van der Waals surface area contributed by atoms with Crippen molar-refractivity contribution in [1.29, 1.82) is 0 Å². The fraction of sp³-hybridized carbons (Fsp3) is 0.500. The normalized spacial score (nSPS) is 12.6. The zero-order valence-corrected chi connectivity index (χ0v) is 23.5. The minimum Gasteiger partial charge on any atom is -0.350 e. The first kappa shape index (κ1) is 29.4. The minimum absolute atomic E-state index is 0.128. The van der Waals surface area contributed by atoms with Crippen LogP contribution in [0.4, 0.5) is 5.69 Å². The van der Waals surface area contributed by atoms with Crippen LogP contribution < -0.4 is 9.62 Å². The zero-order valence-electron chi connectivity index (χ0n) is 22.7. The van der Waals surface area contributed by atoms with E-state index in [1.165, 1.54) is 10.6 Å². The van der Waals surface area contributed by atoms with E-state index in [9.17, 15) is 18.0 Å². The summed E-state index contributed by atoms with van der Waals surface area (Å²) in [6.45, 7) is 12.0. The van der Waals surface area contributed by atoms with E-state index in [4.69, 9.17) is 0 Å².